The van der Waals surface area contributed by atoms with Gasteiger partial charge in [0, 0.05) is 30.9 Å². The van der Waals surface area contributed by atoms with Crippen LogP contribution in [-0.2, 0) is 19.6 Å². The van der Waals surface area contributed by atoms with Crippen LogP contribution in [0.15, 0.2) is 35.2 Å². The normalized spacial score (nSPS) is 18.3. The predicted octanol–water partition coefficient (Wildman–Crippen LogP) is 2.38. The summed E-state index contributed by atoms with van der Waals surface area (Å²) in [5, 5.41) is 5.53. The standard InChI is InChI=1S/C23H27N3O7S/c1-14-9-17-19(33-13-22(27)25-17)11-21(14)34(29,30)26-8-4-5-15(12-26)23(28)24-16-6-7-18(31-2)20(10-16)32-3/h6-7,9-11,15H,4-5,8,12-13H2,1-3H3,(H,24,28)(H,25,27)/t15-/m1/s1. The molecule has 0 aliphatic carbocycles. The van der Waals surface area contributed by atoms with Crippen molar-refractivity contribution in [1.29, 1.82) is 0 Å². The molecule has 1 saturated heterocycles. The highest BCUT2D eigenvalue weighted by atomic mass is 32.2. The van der Waals surface area contributed by atoms with Gasteiger partial charge in [-0.1, -0.05) is 0 Å². The van der Waals surface area contributed by atoms with E-state index in [1.165, 1.54) is 24.6 Å². The number of sulfonamides is 1. The lowest BCUT2D eigenvalue weighted by atomic mass is 9.98. The summed E-state index contributed by atoms with van der Waals surface area (Å²) in [7, 11) is -0.838. The van der Waals surface area contributed by atoms with Gasteiger partial charge in [0.1, 0.15) is 5.75 Å². The van der Waals surface area contributed by atoms with Gasteiger partial charge in [-0.05, 0) is 43.5 Å². The monoisotopic (exact) mass is 489 g/mol. The molecule has 2 aromatic rings. The van der Waals surface area contributed by atoms with Gasteiger partial charge in [0.05, 0.1) is 30.7 Å². The van der Waals surface area contributed by atoms with E-state index in [0.717, 1.165) is 0 Å². The number of amides is 2. The second-order valence-corrected chi connectivity index (χ2v) is 10.1. The molecule has 2 aliphatic rings. The molecule has 0 aromatic heterocycles. The smallest absolute Gasteiger partial charge is 0.262 e. The first-order valence-electron chi connectivity index (χ1n) is 10.8. The quantitative estimate of drug-likeness (QED) is 0.639. The van der Waals surface area contributed by atoms with E-state index in [1.807, 2.05) is 0 Å². The molecule has 0 unspecified atom stereocenters. The van der Waals surface area contributed by atoms with Crippen LogP contribution in [0, 0.1) is 12.8 Å². The number of fused-ring (bicyclic) bond motifs is 1. The van der Waals surface area contributed by atoms with Crippen molar-refractivity contribution in [2.45, 2.75) is 24.7 Å². The predicted molar refractivity (Wildman–Crippen MR) is 125 cm³/mol. The number of nitrogens with one attached hydrogen (secondary N) is 2. The van der Waals surface area contributed by atoms with Gasteiger partial charge in [0.2, 0.25) is 15.9 Å². The van der Waals surface area contributed by atoms with Crippen LogP contribution in [0.1, 0.15) is 18.4 Å². The second-order valence-electron chi connectivity index (χ2n) is 8.21. The number of rotatable bonds is 6. The highest BCUT2D eigenvalue weighted by Gasteiger charge is 2.35. The van der Waals surface area contributed by atoms with Gasteiger partial charge in [-0.3, -0.25) is 9.59 Å². The average Bonchev–Trinajstić information content (AvgIpc) is 2.83. The second kappa shape index (κ2) is 9.51. The third-order valence-electron chi connectivity index (χ3n) is 5.93. The van der Waals surface area contributed by atoms with E-state index >= 15 is 0 Å². The molecule has 2 heterocycles. The molecular weight excluding hydrogens is 462 g/mol. The maximum atomic E-state index is 13.5. The fourth-order valence-electron chi connectivity index (χ4n) is 4.17. The number of piperidine rings is 1. The van der Waals surface area contributed by atoms with E-state index in [0.29, 0.717) is 53.6 Å². The molecule has 2 N–H and O–H groups in total. The van der Waals surface area contributed by atoms with Crippen molar-refractivity contribution in [3.05, 3.63) is 35.9 Å². The van der Waals surface area contributed by atoms with Gasteiger partial charge >= 0.3 is 0 Å². The zero-order valence-corrected chi connectivity index (χ0v) is 20.0. The van der Waals surface area contributed by atoms with E-state index in [-0.39, 0.29) is 29.9 Å². The Kier molecular flexibility index (Phi) is 6.67. The van der Waals surface area contributed by atoms with Crippen LogP contribution in [0.4, 0.5) is 11.4 Å². The molecular formula is C23H27N3O7S. The van der Waals surface area contributed by atoms with Crippen molar-refractivity contribution < 1.29 is 32.2 Å². The van der Waals surface area contributed by atoms with Crippen molar-refractivity contribution in [3.63, 3.8) is 0 Å². The van der Waals surface area contributed by atoms with Crippen LogP contribution in [0.3, 0.4) is 0 Å². The summed E-state index contributed by atoms with van der Waals surface area (Å²) in [5.74, 6) is 0.268. The maximum Gasteiger partial charge on any atom is 0.262 e. The van der Waals surface area contributed by atoms with Gasteiger partial charge in [-0.15, -0.1) is 0 Å². The van der Waals surface area contributed by atoms with Crippen molar-refractivity contribution in [2.75, 3.05) is 44.5 Å². The summed E-state index contributed by atoms with van der Waals surface area (Å²) in [6.45, 7) is 1.88. The van der Waals surface area contributed by atoms with Gasteiger partial charge in [-0.25, -0.2) is 8.42 Å². The third-order valence-corrected chi connectivity index (χ3v) is 7.94. The fraction of sp³-hybridized carbons (Fsp3) is 0.391. The van der Waals surface area contributed by atoms with Crippen LogP contribution >= 0.6 is 0 Å². The number of hydrogen-bond donors (Lipinski definition) is 2. The van der Waals surface area contributed by atoms with Crippen LogP contribution in [0.2, 0.25) is 0 Å². The number of carbonyl (C=O) groups is 2. The molecule has 1 atom stereocenters. The fourth-order valence-corrected chi connectivity index (χ4v) is 5.91. The summed E-state index contributed by atoms with van der Waals surface area (Å²) >= 11 is 0. The minimum absolute atomic E-state index is 0.0651. The first-order chi connectivity index (χ1) is 16.2. The maximum absolute atomic E-state index is 13.5. The highest BCUT2D eigenvalue weighted by Crippen LogP contribution is 2.35. The van der Waals surface area contributed by atoms with Gasteiger partial charge in [0.15, 0.2) is 18.1 Å². The summed E-state index contributed by atoms with van der Waals surface area (Å²) in [6, 6.07) is 8.07. The topological polar surface area (TPSA) is 123 Å². The Morgan fingerprint density at radius 2 is 1.94 bits per heavy atom. The van der Waals surface area contributed by atoms with Crippen LogP contribution < -0.4 is 24.8 Å². The summed E-state index contributed by atoms with van der Waals surface area (Å²) < 4.78 is 44.1. The number of benzene rings is 2. The zero-order valence-electron chi connectivity index (χ0n) is 19.2. The van der Waals surface area contributed by atoms with Gasteiger partial charge in [0.25, 0.3) is 5.91 Å². The number of methoxy groups -OCH3 is 2. The van der Waals surface area contributed by atoms with E-state index in [4.69, 9.17) is 14.2 Å². The van der Waals surface area contributed by atoms with Crippen molar-refractivity contribution in [3.8, 4) is 17.2 Å². The van der Waals surface area contributed by atoms with Crippen LogP contribution in [0.5, 0.6) is 17.2 Å². The molecule has 0 spiro atoms. The van der Waals surface area contributed by atoms with E-state index < -0.39 is 15.9 Å². The van der Waals surface area contributed by atoms with Crippen molar-refractivity contribution in [2.24, 2.45) is 5.92 Å². The Balaban J connectivity index is 1.51. The van der Waals surface area contributed by atoms with Crippen molar-refractivity contribution in [1.82, 2.24) is 4.31 Å². The molecule has 2 amide bonds. The highest BCUT2D eigenvalue weighted by molar-refractivity contribution is 7.89. The molecule has 34 heavy (non-hydrogen) atoms. The average molecular weight is 490 g/mol. The Hall–Kier alpha value is -3.31. The first kappa shape index (κ1) is 23.8. The largest absolute Gasteiger partial charge is 0.493 e. The zero-order chi connectivity index (χ0) is 24.5. The van der Waals surface area contributed by atoms with Crippen molar-refractivity contribution >= 4 is 33.2 Å². The lowest BCUT2D eigenvalue weighted by molar-refractivity contribution is -0.121. The van der Waals surface area contributed by atoms with Gasteiger partial charge in [-0.2, -0.15) is 4.31 Å². The Morgan fingerprint density at radius 3 is 2.68 bits per heavy atom. The molecule has 4 rings (SSSR count). The number of carbonyl (C=O) groups excluding carboxylic acids is 2. The van der Waals surface area contributed by atoms with Crippen LogP contribution in [0.25, 0.3) is 0 Å². The molecule has 0 saturated carbocycles. The van der Waals surface area contributed by atoms with E-state index in [9.17, 15) is 18.0 Å². The molecule has 0 bridgehead atoms. The lowest BCUT2D eigenvalue weighted by Crippen LogP contribution is -2.43. The Labute approximate surface area is 198 Å². The molecule has 0 radical (unpaired) electrons. The van der Waals surface area contributed by atoms with E-state index in [1.54, 1.807) is 31.2 Å². The molecule has 1 fully saturated rings. The van der Waals surface area contributed by atoms with Crippen LogP contribution in [-0.4, -0.2) is 58.5 Å². The summed E-state index contributed by atoms with van der Waals surface area (Å²) in [4.78, 5) is 24.6. The Bertz CT molecular complexity index is 1230. The molecule has 2 aliphatic heterocycles. The molecule has 182 valence electrons. The molecule has 2 aromatic carbocycles. The Morgan fingerprint density at radius 1 is 1.18 bits per heavy atom. The SMILES string of the molecule is COc1ccc(NC(=O)[C@@H]2CCCN(S(=O)(=O)c3cc4c(cc3C)NC(=O)CO4)C2)cc1OC. The lowest BCUT2D eigenvalue weighted by Gasteiger charge is -2.32. The van der Waals surface area contributed by atoms with Gasteiger partial charge < -0.3 is 24.8 Å². The first-order valence-corrected chi connectivity index (χ1v) is 12.3. The molecule has 10 nitrogen and oxygen atoms in total. The number of nitrogens with zero attached hydrogens (tertiary/aromatic N) is 1. The summed E-state index contributed by atoms with van der Waals surface area (Å²) in [5.41, 5.74) is 1.47. The summed E-state index contributed by atoms with van der Waals surface area (Å²) in [6.07, 6.45) is 1.13. The van der Waals surface area contributed by atoms with E-state index in [2.05, 4.69) is 10.6 Å². The molecule has 11 heteroatoms. The third kappa shape index (κ3) is 4.66. The minimum Gasteiger partial charge on any atom is -0.493 e. The number of ether oxygens (including phenoxy) is 3. The number of anilines is 2. The number of aryl methyl sites for hydroxylation is 1. The minimum atomic E-state index is -3.87. The number of hydrogen-bond acceptors (Lipinski definition) is 7.